The van der Waals surface area contributed by atoms with Crippen LogP contribution in [0.5, 0.6) is 5.75 Å². The zero-order valence-corrected chi connectivity index (χ0v) is 15.3. The van der Waals surface area contributed by atoms with Crippen LogP contribution in [-0.4, -0.2) is 14.7 Å². The largest absolute Gasteiger partial charge is 0.508 e. The van der Waals surface area contributed by atoms with E-state index in [1.165, 1.54) is 0 Å². The van der Waals surface area contributed by atoms with Gasteiger partial charge in [-0.1, -0.05) is 35.9 Å². The Kier molecular flexibility index (Phi) is 3.52. The highest BCUT2D eigenvalue weighted by Gasteiger charge is 2.18. The van der Waals surface area contributed by atoms with Crippen LogP contribution in [0.2, 0.25) is 5.02 Å². The van der Waals surface area contributed by atoms with Gasteiger partial charge in [0.1, 0.15) is 5.75 Å². The number of H-pyrrole nitrogens is 1. The molecule has 27 heavy (non-hydrogen) atoms. The van der Waals surface area contributed by atoms with Crippen LogP contribution in [0.1, 0.15) is 0 Å². The van der Waals surface area contributed by atoms with Gasteiger partial charge >= 0.3 is 0 Å². The standard InChI is InChI=1S/C23H17ClN2O/c1-2-9-26-21-8-7-14(27)10-17(21)23-19-13-25-12-18(19)16(11-22(23)26)15-5-3-4-6-20(15)24/h2-8,10-13,25,27H,1,9H2. The molecule has 0 saturated heterocycles. The summed E-state index contributed by atoms with van der Waals surface area (Å²) in [5.74, 6) is 0.263. The van der Waals surface area contributed by atoms with Crippen molar-refractivity contribution >= 4 is 44.2 Å². The van der Waals surface area contributed by atoms with Crippen molar-refractivity contribution in [2.75, 3.05) is 0 Å². The summed E-state index contributed by atoms with van der Waals surface area (Å²) in [6.07, 6.45) is 5.91. The molecule has 4 heteroatoms. The maximum Gasteiger partial charge on any atom is 0.116 e. The molecule has 0 fully saturated rings. The lowest BCUT2D eigenvalue weighted by atomic mass is 9.97. The van der Waals surface area contributed by atoms with Gasteiger partial charge in [0, 0.05) is 56.6 Å². The fourth-order valence-corrected chi connectivity index (χ4v) is 4.27. The fourth-order valence-electron chi connectivity index (χ4n) is 4.03. The molecule has 0 aliphatic rings. The number of aromatic hydroxyl groups is 1. The number of benzene rings is 3. The molecule has 5 aromatic rings. The number of phenolic OH excluding ortho intramolecular Hbond substituents is 1. The number of nitrogens with one attached hydrogen (secondary N) is 1. The van der Waals surface area contributed by atoms with Crippen molar-refractivity contribution in [2.45, 2.75) is 6.54 Å². The normalized spacial score (nSPS) is 11.6. The summed E-state index contributed by atoms with van der Waals surface area (Å²) >= 11 is 6.51. The first-order valence-corrected chi connectivity index (χ1v) is 9.17. The predicted molar refractivity (Wildman–Crippen MR) is 114 cm³/mol. The van der Waals surface area contributed by atoms with Crippen LogP contribution in [0.25, 0.3) is 43.7 Å². The van der Waals surface area contributed by atoms with E-state index >= 15 is 0 Å². The van der Waals surface area contributed by atoms with Crippen molar-refractivity contribution < 1.29 is 5.11 Å². The molecule has 0 spiro atoms. The Balaban J connectivity index is 2.01. The lowest BCUT2D eigenvalue weighted by molar-refractivity contribution is 0.476. The van der Waals surface area contributed by atoms with Gasteiger partial charge in [0.25, 0.3) is 0 Å². The molecule has 0 bridgehead atoms. The SMILES string of the molecule is C=CCn1c2ccc(O)cc2c2c3c[nH]cc3c(-c3ccccc3Cl)cc21. The number of nitrogens with zero attached hydrogens (tertiary/aromatic N) is 1. The zero-order valence-electron chi connectivity index (χ0n) is 14.5. The van der Waals surface area contributed by atoms with Crippen molar-refractivity contribution in [3.63, 3.8) is 0 Å². The quantitative estimate of drug-likeness (QED) is 0.349. The summed E-state index contributed by atoms with van der Waals surface area (Å²) in [5.41, 5.74) is 4.25. The first-order chi connectivity index (χ1) is 13.2. The minimum absolute atomic E-state index is 0.263. The maximum absolute atomic E-state index is 10.1. The molecule has 0 radical (unpaired) electrons. The van der Waals surface area contributed by atoms with Gasteiger partial charge in [0.2, 0.25) is 0 Å². The number of fused-ring (bicyclic) bond motifs is 5. The third-order valence-electron chi connectivity index (χ3n) is 5.15. The second-order valence-corrected chi connectivity index (χ2v) is 7.09. The molecular weight excluding hydrogens is 356 g/mol. The smallest absolute Gasteiger partial charge is 0.116 e. The summed E-state index contributed by atoms with van der Waals surface area (Å²) in [5, 5.41) is 15.2. The molecule has 2 N–H and O–H groups in total. The summed E-state index contributed by atoms with van der Waals surface area (Å²) in [6.45, 7) is 4.60. The number of hydrogen-bond acceptors (Lipinski definition) is 1. The van der Waals surface area contributed by atoms with E-state index < -0.39 is 0 Å². The molecule has 0 amide bonds. The van der Waals surface area contributed by atoms with Crippen LogP contribution in [0.3, 0.4) is 0 Å². The topological polar surface area (TPSA) is 41.0 Å². The third-order valence-corrected chi connectivity index (χ3v) is 5.48. The molecule has 0 aliphatic heterocycles. The Morgan fingerprint density at radius 2 is 1.78 bits per heavy atom. The fraction of sp³-hybridized carbons (Fsp3) is 0.0435. The van der Waals surface area contributed by atoms with Crippen LogP contribution in [0.4, 0.5) is 0 Å². The van der Waals surface area contributed by atoms with E-state index in [4.69, 9.17) is 11.6 Å². The van der Waals surface area contributed by atoms with E-state index in [0.29, 0.717) is 6.54 Å². The molecule has 0 atom stereocenters. The first kappa shape index (κ1) is 16.0. The van der Waals surface area contributed by atoms with Gasteiger partial charge in [-0.2, -0.15) is 0 Å². The second-order valence-electron chi connectivity index (χ2n) is 6.68. The Labute approximate surface area is 161 Å². The molecule has 0 saturated carbocycles. The highest BCUT2D eigenvalue weighted by molar-refractivity contribution is 6.34. The van der Waals surface area contributed by atoms with Crippen LogP contribution in [-0.2, 0) is 6.54 Å². The Bertz CT molecular complexity index is 1340. The second kappa shape index (κ2) is 5.93. The number of allylic oxidation sites excluding steroid dienone is 1. The number of halogens is 1. The predicted octanol–water partition coefficient (Wildman–Crippen LogP) is 6.49. The molecule has 3 aromatic carbocycles. The number of aromatic nitrogens is 2. The van der Waals surface area contributed by atoms with Crippen molar-refractivity contribution in [3.8, 4) is 16.9 Å². The van der Waals surface area contributed by atoms with E-state index in [1.54, 1.807) is 6.07 Å². The van der Waals surface area contributed by atoms with Gasteiger partial charge in [-0.05, 0) is 35.9 Å². The van der Waals surface area contributed by atoms with Crippen molar-refractivity contribution in [3.05, 3.63) is 78.6 Å². The Morgan fingerprint density at radius 3 is 2.59 bits per heavy atom. The van der Waals surface area contributed by atoms with Crippen LogP contribution in [0, 0.1) is 0 Å². The maximum atomic E-state index is 10.1. The van der Waals surface area contributed by atoms with E-state index in [0.717, 1.165) is 48.7 Å². The lowest BCUT2D eigenvalue weighted by Crippen LogP contribution is -1.94. The first-order valence-electron chi connectivity index (χ1n) is 8.79. The molecule has 0 aliphatic carbocycles. The van der Waals surface area contributed by atoms with Gasteiger partial charge < -0.3 is 14.7 Å². The third kappa shape index (κ3) is 2.29. The highest BCUT2D eigenvalue weighted by Crippen LogP contribution is 2.42. The molecule has 132 valence electrons. The van der Waals surface area contributed by atoms with Crippen LogP contribution >= 0.6 is 11.6 Å². The van der Waals surface area contributed by atoms with E-state index in [2.05, 4.69) is 22.2 Å². The van der Waals surface area contributed by atoms with E-state index in [1.807, 2.05) is 54.9 Å². The number of phenols is 1. The molecule has 3 nitrogen and oxygen atoms in total. The van der Waals surface area contributed by atoms with Crippen LogP contribution in [0.15, 0.2) is 73.6 Å². The Hall–Kier alpha value is -3.17. The number of hydrogen-bond donors (Lipinski definition) is 2. The van der Waals surface area contributed by atoms with Gasteiger partial charge in [-0.3, -0.25) is 0 Å². The highest BCUT2D eigenvalue weighted by atomic mass is 35.5. The molecule has 2 aromatic heterocycles. The molecule has 2 heterocycles. The Morgan fingerprint density at radius 1 is 0.963 bits per heavy atom. The van der Waals surface area contributed by atoms with Gasteiger partial charge in [-0.15, -0.1) is 6.58 Å². The average Bonchev–Trinajstić information content (AvgIpc) is 3.25. The summed E-state index contributed by atoms with van der Waals surface area (Å²) in [6, 6.07) is 15.6. The summed E-state index contributed by atoms with van der Waals surface area (Å²) in [4.78, 5) is 3.25. The molecule has 0 unspecified atom stereocenters. The zero-order chi connectivity index (χ0) is 18.5. The van der Waals surface area contributed by atoms with E-state index in [9.17, 15) is 5.11 Å². The average molecular weight is 373 g/mol. The lowest BCUT2D eigenvalue weighted by Gasteiger charge is -2.10. The van der Waals surface area contributed by atoms with Crippen molar-refractivity contribution in [2.24, 2.45) is 0 Å². The monoisotopic (exact) mass is 372 g/mol. The number of aromatic amines is 1. The summed E-state index contributed by atoms with van der Waals surface area (Å²) in [7, 11) is 0. The van der Waals surface area contributed by atoms with Gasteiger partial charge in [-0.25, -0.2) is 0 Å². The minimum Gasteiger partial charge on any atom is -0.508 e. The van der Waals surface area contributed by atoms with Gasteiger partial charge in [0.05, 0.1) is 5.52 Å². The molecule has 5 rings (SSSR count). The van der Waals surface area contributed by atoms with Gasteiger partial charge in [0.15, 0.2) is 0 Å². The summed E-state index contributed by atoms with van der Waals surface area (Å²) < 4.78 is 2.23. The van der Waals surface area contributed by atoms with E-state index in [-0.39, 0.29) is 5.75 Å². The minimum atomic E-state index is 0.263. The van der Waals surface area contributed by atoms with Crippen molar-refractivity contribution in [1.82, 2.24) is 9.55 Å². The number of rotatable bonds is 3. The van der Waals surface area contributed by atoms with Crippen molar-refractivity contribution in [1.29, 1.82) is 0 Å². The van der Waals surface area contributed by atoms with Crippen LogP contribution < -0.4 is 0 Å². The molecular formula is C23H17ClN2O.